The summed E-state index contributed by atoms with van der Waals surface area (Å²) in [5.41, 5.74) is 0. The molecule has 1 nitrogen and oxygen atoms in total. The van der Waals surface area contributed by atoms with E-state index in [0.717, 1.165) is 11.8 Å². The van der Waals surface area contributed by atoms with E-state index in [1.54, 1.807) is 0 Å². The Labute approximate surface area is 86.4 Å². The summed E-state index contributed by atoms with van der Waals surface area (Å²) in [6.45, 7) is 0. The number of carbonyl (C=O) groups is 1. The van der Waals surface area contributed by atoms with Gasteiger partial charge in [0.05, 0.1) is 0 Å². The largest absolute Gasteiger partial charge is 0.299 e. The van der Waals surface area contributed by atoms with Gasteiger partial charge in [-0.25, -0.2) is 0 Å². The summed E-state index contributed by atoms with van der Waals surface area (Å²) in [5, 5.41) is 0. The SMILES string of the molecule is O=C1[C@@H]2C[C@H]3C[C@@H](C2)[C@H](I)[C@@H]1C3. The van der Waals surface area contributed by atoms with Crippen LogP contribution in [0.2, 0.25) is 0 Å². The lowest BCUT2D eigenvalue weighted by atomic mass is 9.56. The van der Waals surface area contributed by atoms with Gasteiger partial charge in [0.15, 0.2) is 0 Å². The van der Waals surface area contributed by atoms with Gasteiger partial charge in [-0.2, -0.15) is 0 Å². The number of rotatable bonds is 0. The van der Waals surface area contributed by atoms with Crippen molar-refractivity contribution in [1.29, 1.82) is 0 Å². The molecule has 0 saturated heterocycles. The molecule has 0 spiro atoms. The number of carbonyl (C=O) groups excluding carboxylic acids is 1. The summed E-state index contributed by atoms with van der Waals surface area (Å²) < 4.78 is 0.683. The Kier molecular flexibility index (Phi) is 1.59. The van der Waals surface area contributed by atoms with Crippen LogP contribution in [-0.4, -0.2) is 9.71 Å². The van der Waals surface area contributed by atoms with Crippen LogP contribution in [0.1, 0.15) is 25.7 Å². The Bertz CT molecular complexity index is 238. The predicted molar refractivity (Wildman–Crippen MR) is 55.2 cm³/mol. The van der Waals surface area contributed by atoms with Crippen molar-refractivity contribution in [3.8, 4) is 0 Å². The molecule has 0 heterocycles. The molecular formula is C10H13IO. The summed E-state index contributed by atoms with van der Waals surface area (Å²) in [6.07, 6.45) is 5.10. The van der Waals surface area contributed by atoms with Crippen LogP contribution in [0.3, 0.4) is 0 Å². The molecule has 66 valence electrons. The maximum Gasteiger partial charge on any atom is 0.140 e. The topological polar surface area (TPSA) is 17.1 Å². The number of alkyl halides is 1. The Morgan fingerprint density at radius 3 is 2.83 bits per heavy atom. The van der Waals surface area contributed by atoms with Gasteiger partial charge in [0.1, 0.15) is 5.78 Å². The Morgan fingerprint density at radius 1 is 1.17 bits per heavy atom. The van der Waals surface area contributed by atoms with Crippen molar-refractivity contribution >= 4 is 28.4 Å². The third-order valence-electron chi connectivity index (χ3n) is 4.03. The van der Waals surface area contributed by atoms with Crippen molar-refractivity contribution in [2.45, 2.75) is 29.6 Å². The zero-order valence-corrected chi connectivity index (χ0v) is 9.16. The Hall–Kier alpha value is 0.400. The smallest absolute Gasteiger partial charge is 0.140 e. The molecule has 0 aromatic heterocycles. The fourth-order valence-electron chi connectivity index (χ4n) is 3.56. The van der Waals surface area contributed by atoms with Gasteiger partial charge in [-0.05, 0) is 37.5 Å². The quantitative estimate of drug-likeness (QED) is 0.490. The van der Waals surface area contributed by atoms with E-state index in [-0.39, 0.29) is 0 Å². The highest BCUT2D eigenvalue weighted by molar-refractivity contribution is 14.1. The van der Waals surface area contributed by atoms with Gasteiger partial charge in [0.2, 0.25) is 0 Å². The molecule has 0 aliphatic heterocycles. The molecule has 0 aromatic carbocycles. The molecule has 4 aliphatic carbocycles. The zero-order valence-electron chi connectivity index (χ0n) is 7.00. The number of halogens is 1. The van der Waals surface area contributed by atoms with E-state index >= 15 is 0 Å². The second-order valence-corrected chi connectivity index (χ2v) is 6.16. The maximum atomic E-state index is 11.8. The molecule has 0 unspecified atom stereocenters. The van der Waals surface area contributed by atoms with Gasteiger partial charge in [0, 0.05) is 15.8 Å². The first-order valence-electron chi connectivity index (χ1n) is 4.93. The maximum absolute atomic E-state index is 11.8. The lowest BCUT2D eigenvalue weighted by Crippen LogP contribution is -2.51. The first-order valence-corrected chi connectivity index (χ1v) is 6.18. The van der Waals surface area contributed by atoms with Gasteiger partial charge >= 0.3 is 0 Å². The Balaban J connectivity index is 1.98. The molecule has 5 atom stereocenters. The van der Waals surface area contributed by atoms with Crippen molar-refractivity contribution in [1.82, 2.24) is 0 Å². The number of hydrogen-bond donors (Lipinski definition) is 0. The first-order chi connectivity index (χ1) is 5.75. The van der Waals surface area contributed by atoms with E-state index < -0.39 is 0 Å². The molecule has 0 amide bonds. The monoisotopic (exact) mass is 276 g/mol. The number of hydrogen-bond acceptors (Lipinski definition) is 1. The molecule has 4 bridgehead atoms. The van der Waals surface area contributed by atoms with E-state index in [2.05, 4.69) is 22.6 Å². The number of ketones is 1. The van der Waals surface area contributed by atoms with Crippen molar-refractivity contribution < 1.29 is 4.79 Å². The minimum absolute atomic E-state index is 0.460. The molecule has 2 heteroatoms. The molecule has 12 heavy (non-hydrogen) atoms. The highest BCUT2D eigenvalue weighted by Gasteiger charge is 2.52. The Morgan fingerprint density at radius 2 is 2.00 bits per heavy atom. The standard InChI is InChI=1S/C10H13IO/c11-9-6-1-5-2-7(4-6)10(12)8(9)3-5/h5-9H,1-4H2/t5-,6+,7-,8+,9+/m1/s1. The molecule has 4 fully saturated rings. The van der Waals surface area contributed by atoms with Gasteiger partial charge in [-0.15, -0.1) is 0 Å². The summed E-state index contributed by atoms with van der Waals surface area (Å²) >= 11 is 2.52. The second kappa shape index (κ2) is 2.46. The fraction of sp³-hybridized carbons (Fsp3) is 0.900. The van der Waals surface area contributed by atoms with Gasteiger partial charge < -0.3 is 0 Å². The van der Waals surface area contributed by atoms with Crippen molar-refractivity contribution in [2.75, 3.05) is 0 Å². The van der Waals surface area contributed by atoms with Gasteiger partial charge in [-0.1, -0.05) is 22.6 Å². The molecular weight excluding hydrogens is 263 g/mol. The summed E-state index contributed by atoms with van der Waals surface area (Å²) in [6, 6.07) is 0. The molecule has 0 radical (unpaired) electrons. The average molecular weight is 276 g/mol. The molecule has 0 N–H and O–H groups in total. The predicted octanol–water partition coefficient (Wildman–Crippen LogP) is 2.43. The van der Waals surface area contributed by atoms with E-state index in [1.807, 2.05) is 0 Å². The lowest BCUT2D eigenvalue weighted by molar-refractivity contribution is -0.138. The summed E-state index contributed by atoms with van der Waals surface area (Å²) in [4.78, 5) is 11.8. The number of Topliss-reactive ketones (excluding diaryl/α,β-unsaturated/α-hetero) is 1. The van der Waals surface area contributed by atoms with Crippen molar-refractivity contribution in [3.63, 3.8) is 0 Å². The van der Waals surface area contributed by atoms with Crippen LogP contribution in [0.25, 0.3) is 0 Å². The van der Waals surface area contributed by atoms with Crippen LogP contribution in [0.15, 0.2) is 0 Å². The van der Waals surface area contributed by atoms with E-state index in [4.69, 9.17) is 0 Å². The van der Waals surface area contributed by atoms with Crippen molar-refractivity contribution in [2.24, 2.45) is 23.7 Å². The van der Waals surface area contributed by atoms with Crippen LogP contribution >= 0.6 is 22.6 Å². The third kappa shape index (κ3) is 0.875. The lowest BCUT2D eigenvalue weighted by Gasteiger charge is -2.51. The van der Waals surface area contributed by atoms with Crippen LogP contribution in [-0.2, 0) is 4.79 Å². The molecule has 4 rings (SSSR count). The van der Waals surface area contributed by atoms with Crippen LogP contribution < -0.4 is 0 Å². The molecule has 0 aromatic rings. The highest BCUT2D eigenvalue weighted by Crippen LogP contribution is 2.54. The van der Waals surface area contributed by atoms with Crippen LogP contribution in [0.5, 0.6) is 0 Å². The van der Waals surface area contributed by atoms with E-state index in [9.17, 15) is 4.79 Å². The average Bonchev–Trinajstić information content (AvgIpc) is 2.07. The van der Waals surface area contributed by atoms with Gasteiger partial charge in [-0.3, -0.25) is 4.79 Å². The third-order valence-corrected chi connectivity index (χ3v) is 5.92. The minimum Gasteiger partial charge on any atom is -0.299 e. The zero-order chi connectivity index (χ0) is 8.29. The fourth-order valence-corrected chi connectivity index (χ4v) is 4.80. The van der Waals surface area contributed by atoms with Gasteiger partial charge in [0.25, 0.3) is 0 Å². The summed E-state index contributed by atoms with van der Waals surface area (Å²) in [7, 11) is 0. The minimum atomic E-state index is 0.460. The van der Waals surface area contributed by atoms with E-state index in [0.29, 0.717) is 21.5 Å². The van der Waals surface area contributed by atoms with Crippen molar-refractivity contribution in [3.05, 3.63) is 0 Å². The van der Waals surface area contributed by atoms with E-state index in [1.165, 1.54) is 25.7 Å². The summed E-state index contributed by atoms with van der Waals surface area (Å²) in [5.74, 6) is 3.37. The normalized spacial score (nSPS) is 56.4. The molecule has 4 aliphatic rings. The van der Waals surface area contributed by atoms with Crippen LogP contribution in [0.4, 0.5) is 0 Å². The molecule has 4 saturated carbocycles. The highest BCUT2D eigenvalue weighted by atomic mass is 127. The first kappa shape index (κ1) is 7.77. The second-order valence-electron chi connectivity index (χ2n) is 4.72. The van der Waals surface area contributed by atoms with Crippen LogP contribution in [0, 0.1) is 23.7 Å².